The first kappa shape index (κ1) is 22.7. The lowest BCUT2D eigenvalue weighted by Crippen LogP contribution is -2.28. The lowest BCUT2D eigenvalue weighted by atomic mass is 9.86. The fourth-order valence-corrected chi connectivity index (χ4v) is 5.33. The second-order valence-electron chi connectivity index (χ2n) is 9.64. The summed E-state index contributed by atoms with van der Waals surface area (Å²) in [5, 5.41) is -0.130. The van der Waals surface area contributed by atoms with Crippen molar-refractivity contribution in [3.63, 3.8) is 0 Å². The predicted molar refractivity (Wildman–Crippen MR) is 120 cm³/mol. The molecule has 0 unspecified atom stereocenters. The molecule has 1 N–H and O–H groups in total. The van der Waals surface area contributed by atoms with Gasteiger partial charge in [0.1, 0.15) is 5.82 Å². The summed E-state index contributed by atoms with van der Waals surface area (Å²) in [6.45, 7) is 6.81. The van der Waals surface area contributed by atoms with E-state index in [1.165, 1.54) is 23.7 Å². The van der Waals surface area contributed by atoms with Crippen LogP contribution in [0.2, 0.25) is 0 Å². The van der Waals surface area contributed by atoms with Gasteiger partial charge in [0.15, 0.2) is 0 Å². The first-order chi connectivity index (χ1) is 14.9. The number of sulfonamides is 1. The van der Waals surface area contributed by atoms with E-state index < -0.39 is 15.9 Å². The van der Waals surface area contributed by atoms with Crippen molar-refractivity contribution in [3.8, 4) is 0 Å². The molecule has 10 heteroatoms. The van der Waals surface area contributed by atoms with Gasteiger partial charge in [-0.2, -0.15) is 8.42 Å². The van der Waals surface area contributed by atoms with Gasteiger partial charge < -0.3 is 9.55 Å². The van der Waals surface area contributed by atoms with Crippen LogP contribution in [-0.4, -0.2) is 40.9 Å². The van der Waals surface area contributed by atoms with Gasteiger partial charge in [0.2, 0.25) is 11.1 Å². The normalized spacial score (nSPS) is 17.7. The van der Waals surface area contributed by atoms with E-state index in [9.17, 15) is 17.2 Å². The van der Waals surface area contributed by atoms with Gasteiger partial charge >= 0.3 is 0 Å². The summed E-state index contributed by atoms with van der Waals surface area (Å²) in [6, 6.07) is 5.34. The monoisotopic (exact) mass is 465 g/mol. The average molecular weight is 466 g/mol. The number of fused-ring (bicyclic) bond motifs is 1. The van der Waals surface area contributed by atoms with Crippen molar-refractivity contribution in [3.05, 3.63) is 36.4 Å². The zero-order chi connectivity index (χ0) is 23.3. The molecule has 1 aliphatic carbocycles. The standard InChI is InChI=1S/C22H29F2N5O2S/c1-21(2,3)19-27-17-13-16(28(4)32(30,31)20-25-11-12-26-20)5-6-18(17)29(19)14-15-7-9-22(23,24)10-8-15/h5-6,11-13,15H,7-10,14H2,1-4H3,(H,25,26). The maximum Gasteiger partial charge on any atom is 0.297 e. The largest absolute Gasteiger partial charge is 0.334 e. The van der Waals surface area contributed by atoms with Gasteiger partial charge in [-0.1, -0.05) is 20.8 Å². The Hall–Kier alpha value is -2.49. The van der Waals surface area contributed by atoms with Crippen molar-refractivity contribution in [2.75, 3.05) is 11.4 Å². The number of nitrogens with one attached hydrogen (secondary N) is 1. The van der Waals surface area contributed by atoms with Gasteiger partial charge in [0.25, 0.3) is 10.0 Å². The minimum Gasteiger partial charge on any atom is -0.334 e. The third kappa shape index (κ3) is 4.24. The second kappa shape index (κ2) is 7.83. The molecular weight excluding hydrogens is 436 g/mol. The molecule has 3 aromatic rings. The van der Waals surface area contributed by atoms with E-state index in [2.05, 4.69) is 35.3 Å². The molecule has 0 radical (unpaired) electrons. The molecule has 1 saturated carbocycles. The molecule has 1 fully saturated rings. The molecule has 32 heavy (non-hydrogen) atoms. The highest BCUT2D eigenvalue weighted by Gasteiger charge is 2.36. The number of imidazole rings is 2. The second-order valence-corrected chi connectivity index (χ2v) is 11.5. The van der Waals surface area contributed by atoms with Gasteiger partial charge in [-0.05, 0) is 37.0 Å². The summed E-state index contributed by atoms with van der Waals surface area (Å²) in [4.78, 5) is 11.3. The first-order valence-corrected chi connectivity index (χ1v) is 12.2. The molecule has 0 spiro atoms. The molecule has 2 aromatic heterocycles. The molecular formula is C22H29F2N5O2S. The number of nitrogens with zero attached hydrogens (tertiary/aromatic N) is 4. The molecule has 7 nitrogen and oxygen atoms in total. The third-order valence-electron chi connectivity index (χ3n) is 6.12. The van der Waals surface area contributed by atoms with Gasteiger partial charge in [-0.15, -0.1) is 0 Å². The summed E-state index contributed by atoms with van der Waals surface area (Å²) >= 11 is 0. The summed E-state index contributed by atoms with van der Waals surface area (Å²) in [7, 11) is -2.35. The fourth-order valence-electron chi connectivity index (χ4n) is 4.27. The van der Waals surface area contributed by atoms with E-state index >= 15 is 0 Å². The molecule has 0 atom stereocenters. The number of anilines is 1. The predicted octanol–water partition coefficient (Wildman–Crippen LogP) is 4.71. The zero-order valence-corrected chi connectivity index (χ0v) is 19.6. The molecule has 0 bridgehead atoms. The molecule has 4 rings (SSSR count). The van der Waals surface area contributed by atoms with Gasteiger partial charge in [-0.3, -0.25) is 4.31 Å². The smallest absolute Gasteiger partial charge is 0.297 e. The lowest BCUT2D eigenvalue weighted by Gasteiger charge is -2.30. The van der Waals surface area contributed by atoms with Gasteiger partial charge in [0.05, 0.1) is 16.7 Å². The SMILES string of the molecule is CN(c1ccc2c(c1)nc(C(C)(C)C)n2CC1CCC(F)(F)CC1)S(=O)(=O)c1ncc[nH]1. The summed E-state index contributed by atoms with van der Waals surface area (Å²) in [6.07, 6.45) is 3.67. The third-order valence-corrected chi connectivity index (χ3v) is 7.77. The van der Waals surface area contributed by atoms with Crippen molar-refractivity contribution >= 4 is 26.7 Å². The van der Waals surface area contributed by atoms with Crippen molar-refractivity contribution < 1.29 is 17.2 Å². The fraction of sp³-hybridized carbons (Fsp3) is 0.545. The molecule has 0 aliphatic heterocycles. The minimum atomic E-state index is -3.82. The molecule has 1 aromatic carbocycles. The number of aromatic amines is 1. The number of H-pyrrole nitrogens is 1. The van der Waals surface area contributed by atoms with Crippen LogP contribution in [0.1, 0.15) is 52.3 Å². The number of aromatic nitrogens is 4. The van der Waals surface area contributed by atoms with E-state index in [4.69, 9.17) is 4.98 Å². The Balaban J connectivity index is 1.70. The summed E-state index contributed by atoms with van der Waals surface area (Å²) in [5.74, 6) is -1.53. The number of benzene rings is 1. The molecule has 0 saturated heterocycles. The number of halogens is 2. The highest BCUT2D eigenvalue weighted by molar-refractivity contribution is 7.92. The quantitative estimate of drug-likeness (QED) is 0.592. The summed E-state index contributed by atoms with van der Waals surface area (Å²) in [5.41, 5.74) is 1.76. The Bertz CT molecular complexity index is 1200. The van der Waals surface area contributed by atoms with Gasteiger partial charge in [0, 0.05) is 44.2 Å². The number of hydrogen-bond acceptors (Lipinski definition) is 4. The van der Waals surface area contributed by atoms with E-state index in [1.807, 2.05) is 6.07 Å². The molecule has 0 amide bonds. The van der Waals surface area contributed by atoms with Crippen LogP contribution in [0.4, 0.5) is 14.5 Å². The highest BCUT2D eigenvalue weighted by atomic mass is 32.2. The van der Waals surface area contributed by atoms with Crippen molar-refractivity contribution in [2.24, 2.45) is 5.92 Å². The van der Waals surface area contributed by atoms with Crippen LogP contribution in [0.15, 0.2) is 35.7 Å². The van der Waals surface area contributed by atoms with Crippen LogP contribution < -0.4 is 4.31 Å². The summed E-state index contributed by atoms with van der Waals surface area (Å²) < 4.78 is 56.2. The number of hydrogen-bond donors (Lipinski definition) is 1. The van der Waals surface area contributed by atoms with Crippen molar-refractivity contribution in [1.29, 1.82) is 0 Å². The molecule has 2 heterocycles. The van der Waals surface area contributed by atoms with Crippen molar-refractivity contribution in [2.45, 2.75) is 69.5 Å². The Morgan fingerprint density at radius 1 is 1.25 bits per heavy atom. The van der Waals surface area contributed by atoms with Gasteiger partial charge in [-0.25, -0.2) is 18.7 Å². The van der Waals surface area contributed by atoms with Crippen LogP contribution in [0.5, 0.6) is 0 Å². The van der Waals surface area contributed by atoms with Crippen LogP contribution in [0.3, 0.4) is 0 Å². The Morgan fingerprint density at radius 2 is 1.94 bits per heavy atom. The minimum absolute atomic E-state index is 0.0747. The van der Waals surface area contributed by atoms with Crippen LogP contribution in [-0.2, 0) is 22.0 Å². The molecule has 1 aliphatic rings. The highest BCUT2D eigenvalue weighted by Crippen LogP contribution is 2.38. The van der Waals surface area contributed by atoms with Crippen LogP contribution in [0.25, 0.3) is 11.0 Å². The number of alkyl halides is 2. The first-order valence-electron chi connectivity index (χ1n) is 10.8. The number of rotatable bonds is 5. The van der Waals surface area contributed by atoms with Crippen molar-refractivity contribution in [1.82, 2.24) is 19.5 Å². The Kier molecular flexibility index (Phi) is 5.55. The van der Waals surface area contributed by atoms with E-state index in [0.717, 1.165) is 11.3 Å². The molecule has 174 valence electrons. The van der Waals surface area contributed by atoms with E-state index in [-0.39, 0.29) is 29.3 Å². The Morgan fingerprint density at radius 3 is 2.53 bits per heavy atom. The lowest BCUT2D eigenvalue weighted by molar-refractivity contribution is -0.0473. The maximum atomic E-state index is 13.6. The van der Waals surface area contributed by atoms with E-state index in [1.54, 1.807) is 12.1 Å². The van der Waals surface area contributed by atoms with Crippen LogP contribution in [0, 0.1) is 5.92 Å². The zero-order valence-electron chi connectivity index (χ0n) is 18.8. The van der Waals surface area contributed by atoms with Crippen LogP contribution >= 0.6 is 0 Å². The Labute approximate surface area is 186 Å². The topological polar surface area (TPSA) is 83.9 Å². The maximum absolute atomic E-state index is 13.6. The van der Waals surface area contributed by atoms with E-state index in [0.29, 0.717) is 30.6 Å². The average Bonchev–Trinajstić information content (AvgIpc) is 3.37.